The summed E-state index contributed by atoms with van der Waals surface area (Å²) in [5.41, 5.74) is 2.71. The van der Waals surface area contributed by atoms with Gasteiger partial charge in [-0.1, -0.05) is 26.0 Å². The average Bonchev–Trinajstić information content (AvgIpc) is 2.85. The molecular weight excluding hydrogens is 224 g/mol. The Morgan fingerprint density at radius 3 is 2.67 bits per heavy atom. The fraction of sp³-hybridized carbons (Fsp3) is 0.600. The third-order valence-corrected chi connectivity index (χ3v) is 3.66. The van der Waals surface area contributed by atoms with Gasteiger partial charge in [-0.2, -0.15) is 0 Å². The molecule has 0 saturated carbocycles. The molecule has 1 heterocycles. The molecule has 0 aromatic heterocycles. The highest BCUT2D eigenvalue weighted by Crippen LogP contribution is 2.23. The van der Waals surface area contributed by atoms with E-state index in [2.05, 4.69) is 48.3 Å². The summed E-state index contributed by atoms with van der Waals surface area (Å²) in [5.74, 6) is 0.594. The van der Waals surface area contributed by atoms with Crippen LogP contribution < -0.4 is 10.2 Å². The zero-order valence-corrected chi connectivity index (χ0v) is 11.4. The Morgan fingerprint density at radius 1 is 1.33 bits per heavy atom. The van der Waals surface area contributed by atoms with Crippen molar-refractivity contribution in [1.82, 2.24) is 5.32 Å². The van der Waals surface area contributed by atoms with Crippen LogP contribution in [0.15, 0.2) is 24.3 Å². The summed E-state index contributed by atoms with van der Waals surface area (Å²) in [7, 11) is 0. The summed E-state index contributed by atoms with van der Waals surface area (Å²) in [6.07, 6.45) is 1.16. The van der Waals surface area contributed by atoms with Crippen LogP contribution in [0.3, 0.4) is 0 Å². The fourth-order valence-electron chi connectivity index (χ4n) is 2.50. The van der Waals surface area contributed by atoms with E-state index in [-0.39, 0.29) is 6.61 Å². The second-order valence-corrected chi connectivity index (χ2v) is 5.36. The lowest BCUT2D eigenvalue weighted by Gasteiger charge is -2.19. The lowest BCUT2D eigenvalue weighted by molar-refractivity contribution is 0.286. The van der Waals surface area contributed by atoms with Crippen LogP contribution in [0.1, 0.15) is 31.7 Å². The van der Waals surface area contributed by atoms with Crippen LogP contribution >= 0.6 is 0 Å². The molecule has 3 heteroatoms. The molecular formula is C15H24N2O. The quantitative estimate of drug-likeness (QED) is 0.836. The standard InChI is InChI=1S/C15H24N2O/c1-12(2)13-3-5-15(6-4-13)17-9-7-14(11-17)16-8-10-18/h3-6,12,14,16,18H,7-11H2,1-2H3. The highest BCUT2D eigenvalue weighted by atomic mass is 16.3. The van der Waals surface area contributed by atoms with Gasteiger partial charge in [-0.05, 0) is 30.0 Å². The van der Waals surface area contributed by atoms with Crippen LogP contribution in [0.5, 0.6) is 0 Å². The highest BCUT2D eigenvalue weighted by Gasteiger charge is 2.21. The van der Waals surface area contributed by atoms with Gasteiger partial charge in [0.2, 0.25) is 0 Å². The van der Waals surface area contributed by atoms with Crippen LogP contribution in [0.25, 0.3) is 0 Å². The molecule has 3 nitrogen and oxygen atoms in total. The van der Waals surface area contributed by atoms with Crippen LogP contribution in [0.2, 0.25) is 0 Å². The normalized spacial score (nSPS) is 19.8. The van der Waals surface area contributed by atoms with Crippen molar-refractivity contribution in [3.05, 3.63) is 29.8 Å². The van der Waals surface area contributed by atoms with Crippen LogP contribution in [0.4, 0.5) is 5.69 Å². The first-order chi connectivity index (χ1) is 8.70. The van der Waals surface area contributed by atoms with Gasteiger partial charge in [-0.3, -0.25) is 0 Å². The summed E-state index contributed by atoms with van der Waals surface area (Å²) >= 11 is 0. The topological polar surface area (TPSA) is 35.5 Å². The van der Waals surface area contributed by atoms with E-state index in [1.54, 1.807) is 0 Å². The van der Waals surface area contributed by atoms with Crippen molar-refractivity contribution >= 4 is 5.69 Å². The van der Waals surface area contributed by atoms with Gasteiger partial charge in [-0.25, -0.2) is 0 Å². The van der Waals surface area contributed by atoms with E-state index in [1.807, 2.05) is 0 Å². The second-order valence-electron chi connectivity index (χ2n) is 5.36. The Kier molecular flexibility index (Phi) is 4.61. The highest BCUT2D eigenvalue weighted by molar-refractivity contribution is 5.49. The average molecular weight is 248 g/mol. The molecule has 2 rings (SSSR count). The fourth-order valence-corrected chi connectivity index (χ4v) is 2.50. The van der Waals surface area contributed by atoms with E-state index >= 15 is 0 Å². The maximum Gasteiger partial charge on any atom is 0.0556 e. The molecule has 1 atom stereocenters. The number of hydrogen-bond acceptors (Lipinski definition) is 3. The number of nitrogens with zero attached hydrogens (tertiary/aromatic N) is 1. The summed E-state index contributed by atoms with van der Waals surface area (Å²) < 4.78 is 0. The number of nitrogens with one attached hydrogen (secondary N) is 1. The summed E-state index contributed by atoms with van der Waals surface area (Å²) in [5, 5.41) is 12.2. The number of rotatable bonds is 5. The molecule has 1 aromatic rings. The Labute approximate surface area is 110 Å². The number of hydrogen-bond donors (Lipinski definition) is 2. The molecule has 1 aliphatic rings. The van der Waals surface area contributed by atoms with E-state index in [1.165, 1.54) is 11.3 Å². The molecule has 0 aliphatic carbocycles. The number of aliphatic hydroxyl groups excluding tert-OH is 1. The van der Waals surface area contributed by atoms with Crippen LogP contribution in [-0.4, -0.2) is 37.4 Å². The van der Waals surface area contributed by atoms with E-state index in [0.717, 1.165) is 19.5 Å². The SMILES string of the molecule is CC(C)c1ccc(N2CCC(NCCO)C2)cc1. The van der Waals surface area contributed by atoms with Gasteiger partial charge in [0.1, 0.15) is 0 Å². The monoisotopic (exact) mass is 248 g/mol. The van der Waals surface area contributed by atoms with Gasteiger partial charge >= 0.3 is 0 Å². The molecule has 2 N–H and O–H groups in total. The van der Waals surface area contributed by atoms with Crippen molar-refractivity contribution in [2.45, 2.75) is 32.2 Å². The van der Waals surface area contributed by atoms with E-state index in [4.69, 9.17) is 5.11 Å². The predicted octanol–water partition coefficient (Wildman–Crippen LogP) is 1.97. The summed E-state index contributed by atoms with van der Waals surface area (Å²) in [6.45, 7) is 7.51. The van der Waals surface area contributed by atoms with Crippen molar-refractivity contribution < 1.29 is 5.11 Å². The molecule has 0 radical (unpaired) electrons. The second kappa shape index (κ2) is 6.21. The molecule has 18 heavy (non-hydrogen) atoms. The first kappa shape index (κ1) is 13.4. The van der Waals surface area contributed by atoms with Gasteiger partial charge in [0.25, 0.3) is 0 Å². The summed E-state index contributed by atoms with van der Waals surface area (Å²) in [6, 6.07) is 9.43. The molecule has 1 fully saturated rings. The summed E-state index contributed by atoms with van der Waals surface area (Å²) in [4.78, 5) is 2.42. The molecule has 1 aliphatic heterocycles. The lowest BCUT2D eigenvalue weighted by atomic mass is 10.0. The van der Waals surface area contributed by atoms with Gasteiger partial charge in [0.15, 0.2) is 0 Å². The minimum atomic E-state index is 0.222. The Hall–Kier alpha value is -1.06. The van der Waals surface area contributed by atoms with Crippen molar-refractivity contribution in [2.75, 3.05) is 31.1 Å². The Morgan fingerprint density at radius 2 is 2.06 bits per heavy atom. The smallest absolute Gasteiger partial charge is 0.0556 e. The van der Waals surface area contributed by atoms with E-state index < -0.39 is 0 Å². The molecule has 1 unspecified atom stereocenters. The van der Waals surface area contributed by atoms with Gasteiger partial charge < -0.3 is 15.3 Å². The predicted molar refractivity (Wildman–Crippen MR) is 76.2 cm³/mol. The van der Waals surface area contributed by atoms with Crippen molar-refractivity contribution in [3.63, 3.8) is 0 Å². The van der Waals surface area contributed by atoms with E-state index in [9.17, 15) is 0 Å². The largest absolute Gasteiger partial charge is 0.395 e. The zero-order chi connectivity index (χ0) is 13.0. The zero-order valence-electron chi connectivity index (χ0n) is 11.4. The molecule has 1 saturated heterocycles. The minimum Gasteiger partial charge on any atom is -0.395 e. The molecule has 0 amide bonds. The van der Waals surface area contributed by atoms with E-state index in [0.29, 0.717) is 18.5 Å². The van der Waals surface area contributed by atoms with Gasteiger partial charge in [0, 0.05) is 31.4 Å². The Bertz CT molecular complexity index is 361. The third kappa shape index (κ3) is 3.24. The molecule has 100 valence electrons. The van der Waals surface area contributed by atoms with Gasteiger partial charge in [-0.15, -0.1) is 0 Å². The van der Waals surface area contributed by atoms with Crippen molar-refractivity contribution in [1.29, 1.82) is 0 Å². The van der Waals surface area contributed by atoms with Crippen molar-refractivity contribution in [3.8, 4) is 0 Å². The first-order valence-corrected chi connectivity index (χ1v) is 6.90. The first-order valence-electron chi connectivity index (χ1n) is 6.90. The molecule has 1 aromatic carbocycles. The van der Waals surface area contributed by atoms with Crippen molar-refractivity contribution in [2.24, 2.45) is 0 Å². The maximum atomic E-state index is 8.82. The molecule has 0 bridgehead atoms. The third-order valence-electron chi connectivity index (χ3n) is 3.66. The minimum absolute atomic E-state index is 0.222. The number of benzene rings is 1. The van der Waals surface area contributed by atoms with Crippen LogP contribution in [0, 0.1) is 0 Å². The Balaban J connectivity index is 1.92. The van der Waals surface area contributed by atoms with Crippen LogP contribution in [-0.2, 0) is 0 Å². The maximum absolute atomic E-state index is 8.82. The molecule has 0 spiro atoms. The van der Waals surface area contributed by atoms with Gasteiger partial charge in [0.05, 0.1) is 6.61 Å². The lowest BCUT2D eigenvalue weighted by Crippen LogP contribution is -2.34. The number of aliphatic hydroxyl groups is 1. The number of anilines is 1.